The predicted octanol–water partition coefficient (Wildman–Crippen LogP) is 3.14. The molecule has 1 N–H and O–H groups in total. The van der Waals surface area contributed by atoms with Crippen LogP contribution in [0.5, 0.6) is 0 Å². The molecule has 0 spiro atoms. The number of hydrogen-bond donors (Lipinski definition) is 1. The zero-order chi connectivity index (χ0) is 19.3. The summed E-state index contributed by atoms with van der Waals surface area (Å²) >= 11 is 5.79. The lowest BCUT2D eigenvalue weighted by molar-refractivity contribution is 0.0956. The molecule has 144 valence electrons. The Bertz CT molecular complexity index is 892. The Hall–Kier alpha value is -1.89. The van der Waals surface area contributed by atoms with Crippen molar-refractivity contribution in [3.8, 4) is 0 Å². The first-order valence-corrected chi connectivity index (χ1v) is 11.0. The number of nitrogens with one attached hydrogen (secondary N) is 1. The summed E-state index contributed by atoms with van der Waals surface area (Å²) in [6, 6.07) is 13.5. The number of hydrogen-bond acceptors (Lipinski definition) is 4. The molecule has 3 rings (SSSR count). The van der Waals surface area contributed by atoms with Gasteiger partial charge in [-0.1, -0.05) is 23.7 Å². The average molecular weight is 407 g/mol. The van der Waals surface area contributed by atoms with Crippen LogP contribution in [0.4, 0.5) is 0 Å². The molecule has 0 radical (unpaired) electrons. The van der Waals surface area contributed by atoms with Crippen LogP contribution in [0.25, 0.3) is 0 Å². The molecular weight excluding hydrogens is 384 g/mol. The molecule has 2 aromatic rings. The quantitative estimate of drug-likeness (QED) is 0.767. The van der Waals surface area contributed by atoms with Crippen LogP contribution >= 0.6 is 11.6 Å². The van der Waals surface area contributed by atoms with Crippen molar-refractivity contribution in [1.82, 2.24) is 10.2 Å². The number of likely N-dealkylation sites (tertiary alicyclic amines) is 1. The molecule has 1 aliphatic rings. The number of halogens is 1. The van der Waals surface area contributed by atoms with Crippen molar-refractivity contribution in [1.29, 1.82) is 0 Å². The molecule has 2 aromatic carbocycles. The summed E-state index contributed by atoms with van der Waals surface area (Å²) in [7, 11) is -3.46. The van der Waals surface area contributed by atoms with Gasteiger partial charge in [-0.2, -0.15) is 0 Å². The smallest absolute Gasteiger partial charge is 0.251 e. The minimum Gasteiger partial charge on any atom is -0.351 e. The van der Waals surface area contributed by atoms with E-state index in [2.05, 4.69) is 10.2 Å². The van der Waals surface area contributed by atoms with Gasteiger partial charge in [0, 0.05) is 23.7 Å². The van der Waals surface area contributed by atoms with Crippen molar-refractivity contribution in [3.63, 3.8) is 0 Å². The maximum Gasteiger partial charge on any atom is 0.251 e. The van der Waals surface area contributed by atoms with E-state index < -0.39 is 9.84 Å². The number of sulfone groups is 1. The number of benzene rings is 2. The third-order valence-electron chi connectivity index (χ3n) is 4.62. The highest BCUT2D eigenvalue weighted by molar-refractivity contribution is 7.91. The molecule has 0 bridgehead atoms. The van der Waals surface area contributed by atoms with E-state index in [1.165, 1.54) is 25.0 Å². The average Bonchev–Trinajstić information content (AvgIpc) is 3.15. The highest BCUT2D eigenvalue weighted by Gasteiger charge is 2.16. The van der Waals surface area contributed by atoms with Crippen molar-refractivity contribution in [2.24, 2.45) is 0 Å². The van der Waals surface area contributed by atoms with Crippen LogP contribution in [0.1, 0.15) is 28.8 Å². The second-order valence-corrected chi connectivity index (χ2v) is 9.26. The first-order chi connectivity index (χ1) is 12.9. The molecule has 27 heavy (non-hydrogen) atoms. The Morgan fingerprint density at radius 2 is 1.78 bits per heavy atom. The maximum atomic E-state index is 12.4. The monoisotopic (exact) mass is 406 g/mol. The Balaban J connectivity index is 1.55. The molecule has 0 unspecified atom stereocenters. The molecular formula is C20H23ClN2O3S. The Kier molecular flexibility index (Phi) is 6.52. The first-order valence-electron chi connectivity index (χ1n) is 9.02. The summed E-state index contributed by atoms with van der Waals surface area (Å²) in [5.74, 6) is -0.419. The molecule has 1 fully saturated rings. The first kappa shape index (κ1) is 19.9. The van der Waals surface area contributed by atoms with E-state index in [1.807, 2.05) is 18.2 Å². The third kappa shape index (κ3) is 5.54. The molecule has 0 aliphatic carbocycles. The fourth-order valence-electron chi connectivity index (χ4n) is 3.17. The number of carbonyl (C=O) groups excluding carboxylic acids is 1. The molecule has 1 amide bonds. The van der Waals surface area contributed by atoms with Crippen molar-refractivity contribution < 1.29 is 13.2 Å². The van der Waals surface area contributed by atoms with Crippen LogP contribution in [0.2, 0.25) is 5.02 Å². The van der Waals surface area contributed by atoms with Crippen molar-refractivity contribution in [2.75, 3.05) is 25.4 Å². The van der Waals surface area contributed by atoms with Gasteiger partial charge in [0.05, 0.1) is 10.6 Å². The van der Waals surface area contributed by atoms with Gasteiger partial charge in [0.1, 0.15) is 0 Å². The molecule has 5 nitrogen and oxygen atoms in total. The van der Waals surface area contributed by atoms with Gasteiger partial charge >= 0.3 is 0 Å². The number of nitrogens with zero attached hydrogens (tertiary/aromatic N) is 1. The summed E-state index contributed by atoms with van der Waals surface area (Å²) in [6.45, 7) is 3.09. The molecule has 1 heterocycles. The van der Waals surface area contributed by atoms with E-state index in [-0.39, 0.29) is 23.1 Å². The summed E-state index contributed by atoms with van der Waals surface area (Å²) < 4.78 is 24.6. The van der Waals surface area contributed by atoms with Crippen LogP contribution in [-0.4, -0.2) is 44.6 Å². The van der Waals surface area contributed by atoms with Crippen LogP contribution in [0, 0.1) is 0 Å². The number of carbonyl (C=O) groups is 1. The largest absolute Gasteiger partial charge is 0.351 e. The Morgan fingerprint density at radius 3 is 2.48 bits per heavy atom. The molecule has 0 atom stereocenters. The van der Waals surface area contributed by atoms with E-state index in [0.29, 0.717) is 10.6 Å². The highest BCUT2D eigenvalue weighted by atomic mass is 35.5. The molecule has 7 heteroatoms. The van der Waals surface area contributed by atoms with E-state index in [9.17, 15) is 13.2 Å². The Labute approximate surface area is 165 Å². The normalized spacial score (nSPS) is 15.0. The van der Waals surface area contributed by atoms with E-state index in [4.69, 9.17) is 11.6 Å². The van der Waals surface area contributed by atoms with E-state index in [1.54, 1.807) is 18.2 Å². The summed E-state index contributed by atoms with van der Waals surface area (Å²) in [5, 5.41) is 3.18. The maximum absolute atomic E-state index is 12.4. The van der Waals surface area contributed by atoms with Crippen molar-refractivity contribution in [3.05, 3.63) is 64.7 Å². The van der Waals surface area contributed by atoms with Crippen molar-refractivity contribution in [2.45, 2.75) is 24.3 Å². The fraction of sp³-hybridized carbons (Fsp3) is 0.350. The van der Waals surface area contributed by atoms with Crippen molar-refractivity contribution >= 4 is 27.3 Å². The van der Waals surface area contributed by atoms with Gasteiger partial charge in [0.2, 0.25) is 0 Å². The molecule has 1 saturated heterocycles. The molecule has 0 saturated carbocycles. The van der Waals surface area contributed by atoms with Gasteiger partial charge in [-0.05, 0) is 67.9 Å². The van der Waals surface area contributed by atoms with Gasteiger partial charge < -0.3 is 5.32 Å². The minimum absolute atomic E-state index is 0.0557. The summed E-state index contributed by atoms with van der Waals surface area (Å²) in [5.41, 5.74) is 1.65. The Morgan fingerprint density at radius 1 is 1.07 bits per heavy atom. The van der Waals surface area contributed by atoms with E-state index in [0.717, 1.165) is 25.2 Å². The minimum atomic E-state index is -3.46. The second-order valence-electron chi connectivity index (χ2n) is 6.71. The van der Waals surface area contributed by atoms with Gasteiger partial charge in [-0.15, -0.1) is 0 Å². The predicted molar refractivity (Wildman–Crippen MR) is 107 cm³/mol. The van der Waals surface area contributed by atoms with Crippen LogP contribution in [0.3, 0.4) is 0 Å². The zero-order valence-corrected chi connectivity index (χ0v) is 16.6. The van der Waals surface area contributed by atoms with Gasteiger partial charge in [-0.25, -0.2) is 8.42 Å². The van der Waals surface area contributed by atoms with Gasteiger partial charge in [-0.3, -0.25) is 9.69 Å². The summed E-state index contributed by atoms with van der Waals surface area (Å²) in [4.78, 5) is 14.9. The van der Waals surface area contributed by atoms with Crippen LogP contribution < -0.4 is 5.32 Å². The SMILES string of the molecule is O=C(NCCS(=O)(=O)c1ccc(Cl)cc1)c1cccc(CN2CCCC2)c1. The number of amides is 1. The van der Waals surface area contributed by atoms with Crippen LogP contribution in [0.15, 0.2) is 53.4 Å². The lowest BCUT2D eigenvalue weighted by Crippen LogP contribution is -2.29. The lowest BCUT2D eigenvalue weighted by Gasteiger charge is -2.15. The summed E-state index contributed by atoms with van der Waals surface area (Å²) in [6.07, 6.45) is 2.45. The lowest BCUT2D eigenvalue weighted by atomic mass is 10.1. The van der Waals surface area contributed by atoms with E-state index >= 15 is 0 Å². The molecule has 0 aromatic heterocycles. The highest BCUT2D eigenvalue weighted by Crippen LogP contribution is 2.16. The van der Waals surface area contributed by atoms with Gasteiger partial charge in [0.25, 0.3) is 5.91 Å². The third-order valence-corrected chi connectivity index (χ3v) is 6.61. The zero-order valence-electron chi connectivity index (χ0n) is 15.0. The standard InChI is InChI=1S/C20H23ClN2O3S/c21-18-6-8-19(9-7-18)27(25,26)13-10-22-20(24)17-5-3-4-16(14-17)15-23-11-1-2-12-23/h3-9,14H,1-2,10-13,15H2,(H,22,24). The molecule has 1 aliphatic heterocycles. The van der Waals surface area contributed by atoms with Crippen LogP contribution in [-0.2, 0) is 16.4 Å². The number of rotatable bonds is 7. The van der Waals surface area contributed by atoms with Gasteiger partial charge in [0.15, 0.2) is 9.84 Å². The fourth-order valence-corrected chi connectivity index (χ4v) is 4.45. The second kappa shape index (κ2) is 8.87. The topological polar surface area (TPSA) is 66.5 Å².